The predicted molar refractivity (Wildman–Crippen MR) is 156 cm³/mol. The van der Waals surface area contributed by atoms with Gasteiger partial charge >= 0.3 is 6.09 Å². The Balaban J connectivity index is 2.62. The molecule has 3 unspecified atom stereocenters. The molecular weight excluding hydrogens is 490 g/mol. The van der Waals surface area contributed by atoms with Crippen LogP contribution < -0.4 is 10.6 Å². The van der Waals surface area contributed by atoms with Gasteiger partial charge in [0.2, 0.25) is 5.91 Å². The van der Waals surface area contributed by atoms with Gasteiger partial charge in [0.05, 0.1) is 0 Å². The standard InChI is InChI=1S/C32H43N3O4/c1-11-23(7)35(30(37)26(20(3)4)34-31(38)39-32(8,9)10)28(25-18-16-24(12-2)17-19-25)29(36)33-27-21(5)14-13-15-22(27)6/h2,13-20,23,26,28H,11H2,1,3-10H3,(H,33,36)(H,34,38). The molecule has 0 aliphatic carbocycles. The van der Waals surface area contributed by atoms with Crippen molar-refractivity contribution in [2.75, 3.05) is 5.32 Å². The van der Waals surface area contributed by atoms with Crippen molar-refractivity contribution in [3.8, 4) is 12.3 Å². The molecule has 2 N–H and O–H groups in total. The first-order valence-electron chi connectivity index (χ1n) is 13.5. The Bertz CT molecular complexity index is 1190. The fourth-order valence-electron chi connectivity index (χ4n) is 4.31. The summed E-state index contributed by atoms with van der Waals surface area (Å²) in [6.07, 6.45) is 5.48. The zero-order valence-corrected chi connectivity index (χ0v) is 24.7. The largest absolute Gasteiger partial charge is 0.444 e. The number of rotatable bonds is 9. The van der Waals surface area contributed by atoms with Crippen molar-refractivity contribution >= 4 is 23.6 Å². The first-order valence-corrected chi connectivity index (χ1v) is 13.5. The zero-order valence-electron chi connectivity index (χ0n) is 24.7. The lowest BCUT2D eigenvalue weighted by atomic mass is 9.96. The molecule has 210 valence electrons. The molecule has 39 heavy (non-hydrogen) atoms. The summed E-state index contributed by atoms with van der Waals surface area (Å²) in [6, 6.07) is 10.7. The smallest absolute Gasteiger partial charge is 0.408 e. The fraction of sp³-hybridized carbons (Fsp3) is 0.469. The number of nitrogens with zero attached hydrogens (tertiary/aromatic N) is 1. The third-order valence-corrected chi connectivity index (χ3v) is 6.57. The first kappa shape index (κ1) is 31.4. The van der Waals surface area contributed by atoms with Crippen molar-refractivity contribution in [1.29, 1.82) is 0 Å². The van der Waals surface area contributed by atoms with Crippen LogP contribution in [0.5, 0.6) is 0 Å². The predicted octanol–water partition coefficient (Wildman–Crippen LogP) is 6.14. The molecule has 0 fully saturated rings. The van der Waals surface area contributed by atoms with Crippen LogP contribution in [0.25, 0.3) is 0 Å². The van der Waals surface area contributed by atoms with E-state index < -0.39 is 23.8 Å². The Morgan fingerprint density at radius 1 is 1.00 bits per heavy atom. The van der Waals surface area contributed by atoms with E-state index >= 15 is 0 Å². The van der Waals surface area contributed by atoms with Crippen LogP contribution in [0.2, 0.25) is 0 Å². The van der Waals surface area contributed by atoms with Crippen LogP contribution in [0.1, 0.15) is 83.2 Å². The van der Waals surface area contributed by atoms with E-state index in [-0.39, 0.29) is 23.8 Å². The molecule has 0 saturated carbocycles. The maximum absolute atomic E-state index is 14.3. The molecule has 2 aromatic rings. The number of amides is 3. The van der Waals surface area contributed by atoms with Gasteiger partial charge in [-0.1, -0.05) is 57.0 Å². The molecule has 2 rings (SSSR count). The minimum absolute atomic E-state index is 0.261. The molecule has 0 radical (unpaired) electrons. The summed E-state index contributed by atoms with van der Waals surface area (Å²) in [4.78, 5) is 42.6. The molecule has 7 nitrogen and oxygen atoms in total. The SMILES string of the molecule is C#Cc1ccc(C(C(=O)Nc2c(C)cccc2C)N(C(=O)C(NC(=O)OC(C)(C)C)C(C)C)C(C)CC)cc1. The Labute approximate surface area is 233 Å². The minimum atomic E-state index is -0.972. The number of alkyl carbamates (subject to hydrolysis) is 1. The third kappa shape index (κ3) is 8.35. The Morgan fingerprint density at radius 2 is 1.56 bits per heavy atom. The van der Waals surface area contributed by atoms with E-state index in [0.717, 1.165) is 11.1 Å². The van der Waals surface area contributed by atoms with E-state index in [1.54, 1.807) is 49.9 Å². The Kier molecular flexibility index (Phi) is 10.7. The van der Waals surface area contributed by atoms with Gasteiger partial charge in [-0.15, -0.1) is 6.42 Å². The summed E-state index contributed by atoms with van der Waals surface area (Å²) in [5, 5.41) is 5.83. The average Bonchev–Trinajstić information content (AvgIpc) is 2.86. The summed E-state index contributed by atoms with van der Waals surface area (Å²) in [5.41, 5.74) is 3.09. The van der Waals surface area contributed by atoms with Gasteiger partial charge in [-0.2, -0.15) is 0 Å². The highest BCUT2D eigenvalue weighted by atomic mass is 16.6. The molecule has 3 atom stereocenters. The summed E-state index contributed by atoms with van der Waals surface area (Å²) in [5.74, 6) is 1.61. The molecule has 0 heterocycles. The summed E-state index contributed by atoms with van der Waals surface area (Å²) < 4.78 is 5.44. The van der Waals surface area contributed by atoms with Crippen LogP contribution in [0.15, 0.2) is 42.5 Å². The number of benzene rings is 2. The van der Waals surface area contributed by atoms with Gasteiger partial charge in [0.15, 0.2) is 0 Å². The number of hydrogen-bond acceptors (Lipinski definition) is 4. The van der Waals surface area contributed by atoms with Gasteiger partial charge in [0.1, 0.15) is 17.7 Å². The van der Waals surface area contributed by atoms with E-state index in [4.69, 9.17) is 11.2 Å². The van der Waals surface area contributed by atoms with E-state index in [1.165, 1.54) is 0 Å². The van der Waals surface area contributed by atoms with Gasteiger partial charge in [0, 0.05) is 17.3 Å². The van der Waals surface area contributed by atoms with Gasteiger partial charge in [-0.05, 0) is 82.7 Å². The number of para-hydroxylation sites is 1. The van der Waals surface area contributed by atoms with Crippen LogP contribution in [0.3, 0.4) is 0 Å². The summed E-state index contributed by atoms with van der Waals surface area (Å²) in [6.45, 7) is 16.7. The highest BCUT2D eigenvalue weighted by molar-refractivity contribution is 6.00. The Hall–Kier alpha value is -3.79. The molecular formula is C32H43N3O4. The number of terminal acetylenes is 1. The van der Waals surface area contributed by atoms with Crippen molar-refractivity contribution < 1.29 is 19.1 Å². The third-order valence-electron chi connectivity index (χ3n) is 6.57. The molecule has 0 bridgehead atoms. The van der Waals surface area contributed by atoms with Crippen molar-refractivity contribution in [2.45, 2.75) is 92.5 Å². The van der Waals surface area contributed by atoms with Crippen molar-refractivity contribution in [2.24, 2.45) is 5.92 Å². The van der Waals surface area contributed by atoms with Gasteiger partial charge in [-0.3, -0.25) is 9.59 Å². The normalized spacial score (nSPS) is 13.6. The number of ether oxygens (including phenoxy) is 1. The number of carbonyl (C=O) groups excluding carboxylic acids is 3. The number of anilines is 1. The first-order chi connectivity index (χ1) is 18.2. The lowest BCUT2D eigenvalue weighted by Crippen LogP contribution is -2.56. The van der Waals surface area contributed by atoms with Crippen LogP contribution in [-0.4, -0.2) is 40.5 Å². The summed E-state index contributed by atoms with van der Waals surface area (Å²) in [7, 11) is 0. The molecule has 0 saturated heterocycles. The van der Waals surface area contributed by atoms with E-state index in [2.05, 4.69) is 16.6 Å². The molecule has 7 heteroatoms. The zero-order chi connectivity index (χ0) is 29.5. The second kappa shape index (κ2) is 13.3. The molecule has 0 aromatic heterocycles. The lowest BCUT2D eigenvalue weighted by Gasteiger charge is -2.39. The number of carbonyl (C=O) groups is 3. The average molecular weight is 534 g/mol. The van der Waals surface area contributed by atoms with Crippen molar-refractivity contribution in [1.82, 2.24) is 10.2 Å². The highest BCUT2D eigenvalue weighted by Crippen LogP contribution is 2.30. The summed E-state index contributed by atoms with van der Waals surface area (Å²) >= 11 is 0. The van der Waals surface area contributed by atoms with Gasteiger partial charge < -0.3 is 20.3 Å². The minimum Gasteiger partial charge on any atom is -0.444 e. The number of aryl methyl sites for hydroxylation is 2. The van der Waals surface area contributed by atoms with Crippen LogP contribution in [0, 0.1) is 32.1 Å². The van der Waals surface area contributed by atoms with Crippen LogP contribution in [-0.2, 0) is 14.3 Å². The second-order valence-corrected chi connectivity index (χ2v) is 11.3. The topological polar surface area (TPSA) is 87.7 Å². The lowest BCUT2D eigenvalue weighted by molar-refractivity contribution is -0.144. The Morgan fingerprint density at radius 3 is 2.03 bits per heavy atom. The fourth-order valence-corrected chi connectivity index (χ4v) is 4.31. The highest BCUT2D eigenvalue weighted by Gasteiger charge is 2.39. The number of hydrogen-bond donors (Lipinski definition) is 2. The van der Waals surface area contributed by atoms with Gasteiger partial charge in [-0.25, -0.2) is 4.79 Å². The monoisotopic (exact) mass is 533 g/mol. The van der Waals surface area contributed by atoms with Crippen LogP contribution >= 0.6 is 0 Å². The van der Waals surface area contributed by atoms with Crippen LogP contribution in [0.4, 0.5) is 10.5 Å². The molecule has 2 aromatic carbocycles. The van der Waals surface area contributed by atoms with Crippen molar-refractivity contribution in [3.63, 3.8) is 0 Å². The maximum atomic E-state index is 14.3. The quantitative estimate of drug-likeness (QED) is 0.379. The van der Waals surface area contributed by atoms with E-state index in [9.17, 15) is 14.4 Å². The maximum Gasteiger partial charge on any atom is 0.408 e. The van der Waals surface area contributed by atoms with Gasteiger partial charge in [0.25, 0.3) is 5.91 Å². The molecule has 0 aliphatic heterocycles. The second-order valence-electron chi connectivity index (χ2n) is 11.3. The van der Waals surface area contributed by atoms with E-state index in [0.29, 0.717) is 23.2 Å². The molecule has 3 amide bonds. The molecule has 0 spiro atoms. The number of nitrogens with one attached hydrogen (secondary N) is 2. The van der Waals surface area contributed by atoms with E-state index in [1.807, 2.05) is 59.7 Å². The van der Waals surface area contributed by atoms with Crippen molar-refractivity contribution in [3.05, 3.63) is 64.7 Å². The molecule has 0 aliphatic rings.